The summed E-state index contributed by atoms with van der Waals surface area (Å²) in [4.78, 5) is 50.9. The SMILES string of the molecule is CC(C)(C)OC(=O)Nn1c(=O)c2cc(F)c(N3CCC(N=O)C3)c(Cl)c2n(C2CC2)c1=O. The van der Waals surface area contributed by atoms with Gasteiger partial charge >= 0.3 is 11.8 Å². The first-order valence-electron chi connectivity index (χ1n) is 10.3. The molecule has 2 fully saturated rings. The first kappa shape index (κ1) is 22.3. The van der Waals surface area contributed by atoms with E-state index >= 15 is 4.39 Å². The molecule has 1 aliphatic heterocycles. The lowest BCUT2D eigenvalue weighted by Crippen LogP contribution is -2.48. The monoisotopic (exact) mass is 467 g/mol. The number of fused-ring (bicyclic) bond motifs is 1. The maximum Gasteiger partial charge on any atom is 0.427 e. The molecule has 2 aromatic rings. The smallest absolute Gasteiger partial charge is 0.427 e. The number of amides is 1. The number of hydrogen-bond acceptors (Lipinski definition) is 7. The lowest BCUT2D eigenvalue weighted by atomic mass is 10.2. The van der Waals surface area contributed by atoms with Crippen molar-refractivity contribution in [1.82, 2.24) is 9.24 Å². The van der Waals surface area contributed by atoms with Gasteiger partial charge in [0.15, 0.2) is 0 Å². The van der Waals surface area contributed by atoms with E-state index in [9.17, 15) is 19.3 Å². The molecule has 2 aliphatic rings. The lowest BCUT2D eigenvalue weighted by Gasteiger charge is -2.23. The minimum Gasteiger partial charge on any atom is -0.443 e. The molecule has 1 aromatic heterocycles. The number of carbonyl (C=O) groups excluding carboxylic acids is 1. The topological polar surface area (TPSA) is 115 Å². The molecule has 1 N–H and O–H groups in total. The molecule has 12 heteroatoms. The summed E-state index contributed by atoms with van der Waals surface area (Å²) in [6.45, 7) is 5.47. The number of hydrogen-bond donors (Lipinski definition) is 1. The second-order valence-corrected chi connectivity index (χ2v) is 9.43. The molecule has 2 heterocycles. The van der Waals surface area contributed by atoms with Crippen molar-refractivity contribution in [2.24, 2.45) is 5.18 Å². The number of rotatable bonds is 4. The van der Waals surface area contributed by atoms with E-state index in [1.807, 2.05) is 0 Å². The number of nitrogens with zero attached hydrogens (tertiary/aromatic N) is 4. The van der Waals surface area contributed by atoms with Crippen LogP contribution < -0.4 is 21.6 Å². The van der Waals surface area contributed by atoms with Crippen LogP contribution in [-0.2, 0) is 4.74 Å². The van der Waals surface area contributed by atoms with E-state index in [1.54, 1.807) is 25.7 Å². The zero-order valence-electron chi connectivity index (χ0n) is 17.9. The van der Waals surface area contributed by atoms with E-state index in [0.717, 1.165) is 6.07 Å². The number of ether oxygens (including phenoxy) is 1. The number of aromatic nitrogens is 2. The number of carbonyl (C=O) groups is 1. The van der Waals surface area contributed by atoms with Gasteiger partial charge in [0, 0.05) is 19.1 Å². The van der Waals surface area contributed by atoms with E-state index in [1.165, 1.54) is 4.57 Å². The highest BCUT2D eigenvalue weighted by molar-refractivity contribution is 6.38. The predicted octanol–water partition coefficient (Wildman–Crippen LogP) is 3.11. The Labute approximate surface area is 186 Å². The van der Waals surface area contributed by atoms with Crippen LogP contribution in [0.25, 0.3) is 10.9 Å². The van der Waals surface area contributed by atoms with Gasteiger partial charge in [0.1, 0.15) is 17.5 Å². The maximum atomic E-state index is 15.1. The molecule has 1 aliphatic carbocycles. The summed E-state index contributed by atoms with van der Waals surface area (Å²) in [7, 11) is 0. The molecule has 1 aromatic carbocycles. The van der Waals surface area contributed by atoms with Crippen molar-refractivity contribution in [3.8, 4) is 0 Å². The molecule has 32 heavy (non-hydrogen) atoms. The molecule has 172 valence electrons. The van der Waals surface area contributed by atoms with Gasteiger partial charge in [-0.2, -0.15) is 9.58 Å². The van der Waals surface area contributed by atoms with Gasteiger partial charge in [-0.1, -0.05) is 16.8 Å². The fourth-order valence-electron chi connectivity index (χ4n) is 3.89. The third-order valence-electron chi connectivity index (χ3n) is 5.38. The summed E-state index contributed by atoms with van der Waals surface area (Å²) >= 11 is 6.57. The molecule has 1 saturated carbocycles. The van der Waals surface area contributed by atoms with Crippen LogP contribution in [0.5, 0.6) is 0 Å². The molecule has 0 spiro atoms. The van der Waals surface area contributed by atoms with Crippen molar-refractivity contribution in [2.45, 2.75) is 57.7 Å². The summed E-state index contributed by atoms with van der Waals surface area (Å²) < 4.78 is 22.1. The maximum absolute atomic E-state index is 15.1. The Morgan fingerprint density at radius 2 is 1.97 bits per heavy atom. The Balaban J connectivity index is 1.89. The van der Waals surface area contributed by atoms with Gasteiger partial charge in [0.25, 0.3) is 5.56 Å². The molecule has 1 atom stereocenters. The average molecular weight is 468 g/mol. The van der Waals surface area contributed by atoms with Gasteiger partial charge in [-0.25, -0.2) is 19.4 Å². The summed E-state index contributed by atoms with van der Waals surface area (Å²) in [6, 6.07) is 0.278. The van der Waals surface area contributed by atoms with Crippen LogP contribution >= 0.6 is 11.6 Å². The predicted molar refractivity (Wildman–Crippen MR) is 118 cm³/mol. The average Bonchev–Trinajstić information content (AvgIpc) is 3.42. The largest absolute Gasteiger partial charge is 0.443 e. The van der Waals surface area contributed by atoms with Crippen molar-refractivity contribution in [3.63, 3.8) is 0 Å². The minimum absolute atomic E-state index is 0.0244. The molecular formula is C20H23ClFN5O5. The molecular weight excluding hydrogens is 445 g/mol. The van der Waals surface area contributed by atoms with Crippen LogP contribution in [0.4, 0.5) is 14.9 Å². The fraction of sp³-hybridized carbons (Fsp3) is 0.550. The van der Waals surface area contributed by atoms with Crippen LogP contribution in [0.3, 0.4) is 0 Å². The van der Waals surface area contributed by atoms with Crippen LogP contribution in [0.15, 0.2) is 20.8 Å². The summed E-state index contributed by atoms with van der Waals surface area (Å²) in [5.41, 5.74) is -0.291. The summed E-state index contributed by atoms with van der Waals surface area (Å²) in [5, 5.41) is 2.78. The molecule has 0 radical (unpaired) electrons. The first-order chi connectivity index (χ1) is 15.0. The highest BCUT2D eigenvalue weighted by Gasteiger charge is 2.34. The number of nitrogens with one attached hydrogen (secondary N) is 1. The van der Waals surface area contributed by atoms with Crippen molar-refractivity contribution in [3.05, 3.63) is 42.7 Å². The Morgan fingerprint density at radius 3 is 2.53 bits per heavy atom. The number of halogens is 2. The van der Waals surface area contributed by atoms with Gasteiger partial charge in [-0.3, -0.25) is 9.36 Å². The van der Waals surface area contributed by atoms with E-state index in [2.05, 4.69) is 10.6 Å². The molecule has 1 unspecified atom stereocenters. The zero-order valence-corrected chi connectivity index (χ0v) is 18.6. The van der Waals surface area contributed by atoms with Crippen LogP contribution in [0.1, 0.15) is 46.1 Å². The third kappa shape index (κ3) is 3.96. The zero-order chi connectivity index (χ0) is 23.4. The molecule has 1 amide bonds. The highest BCUT2D eigenvalue weighted by Crippen LogP contribution is 2.41. The lowest BCUT2D eigenvalue weighted by molar-refractivity contribution is 0.0610. The fourth-order valence-corrected chi connectivity index (χ4v) is 4.29. The summed E-state index contributed by atoms with van der Waals surface area (Å²) in [6.07, 6.45) is 0.798. The number of benzene rings is 1. The van der Waals surface area contributed by atoms with E-state index in [-0.39, 0.29) is 34.2 Å². The van der Waals surface area contributed by atoms with Gasteiger partial charge in [-0.05, 0) is 46.1 Å². The summed E-state index contributed by atoms with van der Waals surface area (Å²) in [5.74, 6) is -0.768. The van der Waals surface area contributed by atoms with E-state index in [0.29, 0.717) is 30.5 Å². The quantitative estimate of drug-likeness (QED) is 0.691. The van der Waals surface area contributed by atoms with Crippen LogP contribution in [0.2, 0.25) is 5.02 Å². The van der Waals surface area contributed by atoms with E-state index < -0.39 is 34.8 Å². The second kappa shape index (κ2) is 7.88. The number of nitroso groups, excluding NO2 is 1. The van der Waals surface area contributed by atoms with Gasteiger partial charge in [0.2, 0.25) is 0 Å². The van der Waals surface area contributed by atoms with Crippen molar-refractivity contribution in [1.29, 1.82) is 0 Å². The van der Waals surface area contributed by atoms with Gasteiger partial charge < -0.3 is 9.64 Å². The molecule has 4 rings (SSSR count). The Kier molecular flexibility index (Phi) is 5.48. The van der Waals surface area contributed by atoms with E-state index in [4.69, 9.17) is 16.3 Å². The molecule has 10 nitrogen and oxygen atoms in total. The van der Waals surface area contributed by atoms with Crippen molar-refractivity contribution >= 4 is 34.3 Å². The number of anilines is 1. The third-order valence-corrected chi connectivity index (χ3v) is 5.74. The Hall–Kier alpha value is -2.95. The first-order valence-corrected chi connectivity index (χ1v) is 10.7. The standard InChI is InChI=1S/C20H23ClFN5O5/c1-20(2,3)32-18(29)23-27-17(28)12-8-13(22)16(25-7-6-10(9-25)24-31)14(21)15(12)26(19(27)30)11-4-5-11/h8,10-11H,4-7,9H2,1-3H3,(H,23,29). The van der Waals surface area contributed by atoms with Crippen LogP contribution in [-0.4, -0.2) is 40.1 Å². The van der Waals surface area contributed by atoms with Crippen molar-refractivity contribution < 1.29 is 13.9 Å². The van der Waals surface area contributed by atoms with Gasteiger partial charge in [0.05, 0.1) is 21.6 Å². The van der Waals surface area contributed by atoms with Crippen LogP contribution in [0, 0.1) is 10.7 Å². The Bertz CT molecular complexity index is 1230. The molecule has 1 saturated heterocycles. The molecule has 0 bridgehead atoms. The highest BCUT2D eigenvalue weighted by atomic mass is 35.5. The normalized spacial score (nSPS) is 18.8. The Morgan fingerprint density at radius 1 is 1.28 bits per heavy atom. The van der Waals surface area contributed by atoms with Gasteiger partial charge in [-0.15, -0.1) is 0 Å². The minimum atomic E-state index is -0.994. The van der Waals surface area contributed by atoms with Crippen molar-refractivity contribution in [2.75, 3.05) is 23.4 Å². The second-order valence-electron chi connectivity index (χ2n) is 9.05.